The van der Waals surface area contributed by atoms with E-state index in [1.54, 1.807) is 12.1 Å². The van der Waals surface area contributed by atoms with Gasteiger partial charge in [0.25, 0.3) is 0 Å². The molecule has 22 heavy (non-hydrogen) atoms. The second-order valence-electron chi connectivity index (χ2n) is 4.93. The first kappa shape index (κ1) is 16.8. The summed E-state index contributed by atoms with van der Waals surface area (Å²) in [5, 5.41) is 22.5. The normalized spacial score (nSPS) is 11.7. The van der Waals surface area contributed by atoms with Crippen molar-refractivity contribution in [1.29, 1.82) is 0 Å². The molecule has 2 N–H and O–H groups in total. The van der Waals surface area contributed by atoms with Crippen molar-refractivity contribution in [2.45, 2.75) is 19.3 Å². The van der Waals surface area contributed by atoms with Gasteiger partial charge in [-0.3, -0.25) is 0 Å². The van der Waals surface area contributed by atoms with Crippen molar-refractivity contribution >= 4 is 28.9 Å². The molecule has 0 spiro atoms. The molecule has 0 fully saturated rings. The maximum Gasteiger partial charge on any atom is 0.0867 e. The molecule has 0 heterocycles. The van der Waals surface area contributed by atoms with Gasteiger partial charge in [0.05, 0.1) is 5.71 Å². The zero-order valence-electron chi connectivity index (χ0n) is 12.0. The van der Waals surface area contributed by atoms with Crippen LogP contribution in [0.15, 0.2) is 47.6 Å². The van der Waals surface area contributed by atoms with E-state index < -0.39 is 0 Å². The summed E-state index contributed by atoms with van der Waals surface area (Å²) < 4.78 is 0. The summed E-state index contributed by atoms with van der Waals surface area (Å²) in [6.45, 7) is 0.146. The second-order valence-corrected chi connectivity index (χ2v) is 5.77. The number of unbranched alkanes of at least 4 members (excludes halogenated alkanes) is 1. The van der Waals surface area contributed by atoms with E-state index in [9.17, 15) is 0 Å². The Bertz CT molecular complexity index is 654. The molecule has 0 saturated carbocycles. The van der Waals surface area contributed by atoms with Crippen molar-refractivity contribution < 1.29 is 10.3 Å². The third kappa shape index (κ3) is 4.23. The quantitative estimate of drug-likeness (QED) is 0.337. The van der Waals surface area contributed by atoms with Crippen molar-refractivity contribution in [2.75, 3.05) is 6.61 Å². The van der Waals surface area contributed by atoms with E-state index in [0.29, 0.717) is 28.6 Å². The molecule has 0 atom stereocenters. The number of nitrogens with zero attached hydrogens (tertiary/aromatic N) is 1. The van der Waals surface area contributed by atoms with Gasteiger partial charge in [-0.1, -0.05) is 58.7 Å². The minimum Gasteiger partial charge on any atom is -0.411 e. The van der Waals surface area contributed by atoms with E-state index in [0.717, 1.165) is 23.1 Å². The van der Waals surface area contributed by atoms with Crippen LogP contribution in [0.4, 0.5) is 0 Å². The molecule has 2 aromatic rings. The molecule has 2 aromatic carbocycles. The molecule has 116 valence electrons. The Morgan fingerprint density at radius 1 is 1.00 bits per heavy atom. The molecule has 5 heteroatoms. The third-order valence-corrected chi connectivity index (χ3v) is 3.95. The van der Waals surface area contributed by atoms with Crippen molar-refractivity contribution in [3.63, 3.8) is 0 Å². The van der Waals surface area contributed by atoms with Gasteiger partial charge in [-0.05, 0) is 42.5 Å². The van der Waals surface area contributed by atoms with Crippen LogP contribution in [0.1, 0.15) is 24.8 Å². The lowest BCUT2D eigenvalue weighted by Gasteiger charge is -2.08. The molecular weight excluding hydrogens is 321 g/mol. The van der Waals surface area contributed by atoms with Crippen molar-refractivity contribution in [3.8, 4) is 11.1 Å². The number of aliphatic hydroxyl groups is 1. The van der Waals surface area contributed by atoms with Gasteiger partial charge in [0.15, 0.2) is 0 Å². The number of rotatable bonds is 6. The van der Waals surface area contributed by atoms with Crippen LogP contribution in [-0.2, 0) is 0 Å². The highest BCUT2D eigenvalue weighted by molar-refractivity contribution is 6.36. The molecule has 0 radical (unpaired) electrons. The molecule has 3 nitrogen and oxygen atoms in total. The number of hydrogen-bond donors (Lipinski definition) is 2. The van der Waals surface area contributed by atoms with Crippen LogP contribution in [0.25, 0.3) is 11.1 Å². The van der Waals surface area contributed by atoms with Gasteiger partial charge in [-0.2, -0.15) is 0 Å². The first-order valence-corrected chi connectivity index (χ1v) is 7.79. The predicted molar refractivity (Wildman–Crippen MR) is 91.2 cm³/mol. The number of hydrogen-bond acceptors (Lipinski definition) is 3. The zero-order chi connectivity index (χ0) is 15.9. The minimum atomic E-state index is 0.146. The molecule has 0 amide bonds. The van der Waals surface area contributed by atoms with E-state index in [1.807, 2.05) is 30.3 Å². The Balaban J connectivity index is 2.19. The number of aliphatic hydroxyl groups excluding tert-OH is 1. The zero-order valence-corrected chi connectivity index (χ0v) is 13.5. The lowest BCUT2D eigenvalue weighted by atomic mass is 10.00. The number of oxime groups is 1. The Kier molecular flexibility index (Phi) is 6.25. The van der Waals surface area contributed by atoms with Crippen LogP contribution in [0.3, 0.4) is 0 Å². The van der Waals surface area contributed by atoms with E-state index in [2.05, 4.69) is 5.16 Å². The third-order valence-electron chi connectivity index (χ3n) is 3.40. The second kappa shape index (κ2) is 8.18. The van der Waals surface area contributed by atoms with Crippen LogP contribution >= 0.6 is 23.2 Å². The van der Waals surface area contributed by atoms with E-state index in [1.165, 1.54) is 0 Å². The van der Waals surface area contributed by atoms with Crippen molar-refractivity contribution in [3.05, 3.63) is 58.1 Å². The monoisotopic (exact) mass is 337 g/mol. The molecule has 0 aliphatic rings. The van der Waals surface area contributed by atoms with Gasteiger partial charge in [0.1, 0.15) is 0 Å². The molecule has 2 rings (SSSR count). The van der Waals surface area contributed by atoms with Gasteiger partial charge >= 0.3 is 0 Å². The topological polar surface area (TPSA) is 52.8 Å². The van der Waals surface area contributed by atoms with Crippen LogP contribution in [0.2, 0.25) is 10.0 Å². The van der Waals surface area contributed by atoms with Gasteiger partial charge in [0, 0.05) is 22.2 Å². The predicted octanol–water partition coefficient (Wildman–Crippen LogP) is 5.00. The van der Waals surface area contributed by atoms with Crippen LogP contribution in [0, 0.1) is 0 Å². The van der Waals surface area contributed by atoms with Crippen molar-refractivity contribution in [2.24, 2.45) is 5.16 Å². The van der Waals surface area contributed by atoms with Gasteiger partial charge in [0.2, 0.25) is 0 Å². The standard InChI is InChI=1S/C17H17Cl2NO2/c18-14-8-9-15(16(19)11-14)12-4-6-13(7-5-12)17(20-22)3-1-2-10-21/h4-9,11,21-22H,1-3,10H2/b20-17+. The van der Waals surface area contributed by atoms with E-state index >= 15 is 0 Å². The Morgan fingerprint density at radius 3 is 2.32 bits per heavy atom. The van der Waals surface area contributed by atoms with Crippen LogP contribution in [0.5, 0.6) is 0 Å². The summed E-state index contributed by atoms with van der Waals surface area (Å²) in [7, 11) is 0. The Labute approximate surface area is 139 Å². The molecular formula is C17H17Cl2NO2. The number of halogens is 2. The molecule has 0 saturated heterocycles. The van der Waals surface area contributed by atoms with Crippen LogP contribution in [-0.4, -0.2) is 22.6 Å². The fourth-order valence-corrected chi connectivity index (χ4v) is 2.74. The maximum absolute atomic E-state index is 9.13. The molecule has 0 aromatic heterocycles. The van der Waals surface area contributed by atoms with Gasteiger partial charge in [-0.15, -0.1) is 0 Å². The van der Waals surface area contributed by atoms with Gasteiger partial charge < -0.3 is 10.3 Å². The Hall–Kier alpha value is -1.55. The highest BCUT2D eigenvalue weighted by Crippen LogP contribution is 2.30. The summed E-state index contributed by atoms with van der Waals surface area (Å²) in [4.78, 5) is 0. The first-order valence-electron chi connectivity index (χ1n) is 7.03. The van der Waals surface area contributed by atoms with Crippen LogP contribution < -0.4 is 0 Å². The lowest BCUT2D eigenvalue weighted by Crippen LogP contribution is -2.01. The lowest BCUT2D eigenvalue weighted by molar-refractivity contribution is 0.284. The number of benzene rings is 2. The SMILES string of the molecule is OCCCC/C(=N\O)c1ccc(-c2ccc(Cl)cc2Cl)cc1. The average Bonchev–Trinajstić information content (AvgIpc) is 2.52. The summed E-state index contributed by atoms with van der Waals surface area (Å²) in [5.41, 5.74) is 3.34. The molecule has 0 bridgehead atoms. The average molecular weight is 338 g/mol. The smallest absolute Gasteiger partial charge is 0.0867 e. The summed E-state index contributed by atoms with van der Waals surface area (Å²) in [6.07, 6.45) is 2.09. The largest absolute Gasteiger partial charge is 0.411 e. The molecule has 0 aliphatic carbocycles. The summed E-state index contributed by atoms with van der Waals surface area (Å²) >= 11 is 12.1. The van der Waals surface area contributed by atoms with Gasteiger partial charge in [-0.25, -0.2) is 0 Å². The fourth-order valence-electron chi connectivity index (χ4n) is 2.22. The summed E-state index contributed by atoms with van der Waals surface area (Å²) in [6, 6.07) is 13.0. The Morgan fingerprint density at radius 2 is 1.73 bits per heavy atom. The highest BCUT2D eigenvalue weighted by Gasteiger charge is 2.07. The molecule has 0 aliphatic heterocycles. The first-order chi connectivity index (χ1) is 10.7. The molecule has 0 unspecified atom stereocenters. The summed E-state index contributed by atoms with van der Waals surface area (Å²) in [5.74, 6) is 0. The fraction of sp³-hybridized carbons (Fsp3) is 0.235. The highest BCUT2D eigenvalue weighted by atomic mass is 35.5. The van der Waals surface area contributed by atoms with Crippen molar-refractivity contribution in [1.82, 2.24) is 0 Å². The maximum atomic E-state index is 9.13. The van der Waals surface area contributed by atoms with E-state index in [4.69, 9.17) is 33.5 Å². The van der Waals surface area contributed by atoms with E-state index in [-0.39, 0.29) is 6.61 Å². The minimum absolute atomic E-state index is 0.146.